The molecule has 0 bridgehead atoms. The van der Waals surface area contributed by atoms with E-state index in [0.29, 0.717) is 6.61 Å². The van der Waals surface area contributed by atoms with Crippen LogP contribution < -0.4 is 16.0 Å². The van der Waals surface area contributed by atoms with E-state index in [4.69, 9.17) is 10.5 Å². The zero-order chi connectivity index (χ0) is 14.9. The molecule has 0 aliphatic carbocycles. The summed E-state index contributed by atoms with van der Waals surface area (Å²) < 4.78 is 6.17. The van der Waals surface area contributed by atoms with Crippen LogP contribution in [0.4, 0.5) is 11.4 Å². The van der Waals surface area contributed by atoms with Gasteiger partial charge in [0.25, 0.3) is 0 Å². The summed E-state index contributed by atoms with van der Waals surface area (Å²) >= 11 is 3.58. The van der Waals surface area contributed by atoms with Crippen LogP contribution in [0.3, 0.4) is 0 Å². The van der Waals surface area contributed by atoms with Gasteiger partial charge in [-0.25, -0.2) is 0 Å². The van der Waals surface area contributed by atoms with Crippen LogP contribution in [0.15, 0.2) is 16.6 Å². The molecule has 2 rings (SSSR count). The highest BCUT2D eigenvalue weighted by molar-refractivity contribution is 9.10. The summed E-state index contributed by atoms with van der Waals surface area (Å²) in [5.74, 6) is -0.156. The number of likely N-dealkylation sites (N-methyl/N-ethyl adjacent to an activating group) is 1. The van der Waals surface area contributed by atoms with Crippen molar-refractivity contribution in [3.8, 4) is 0 Å². The van der Waals surface area contributed by atoms with Gasteiger partial charge in [-0.3, -0.25) is 4.79 Å². The maximum Gasteiger partial charge on any atom is 0.245 e. The second-order valence-corrected chi connectivity index (χ2v) is 5.80. The molecule has 2 unspecified atom stereocenters. The molecule has 0 saturated heterocycles. The van der Waals surface area contributed by atoms with Crippen LogP contribution in [-0.2, 0) is 9.53 Å². The number of fused-ring (bicyclic) bond motifs is 1. The lowest BCUT2D eigenvalue weighted by Gasteiger charge is -2.31. The SMILES string of the molecule is CCN(c1cc2c(cc1Br)C(N)C(=O)N2)C(C)COC. The zero-order valence-electron chi connectivity index (χ0n) is 11.9. The van der Waals surface area contributed by atoms with Gasteiger partial charge in [0.15, 0.2) is 0 Å². The fraction of sp³-hybridized carbons (Fsp3) is 0.500. The molecule has 6 heteroatoms. The van der Waals surface area contributed by atoms with Gasteiger partial charge in [-0.15, -0.1) is 0 Å². The molecule has 1 amide bonds. The van der Waals surface area contributed by atoms with Gasteiger partial charge in [0, 0.05) is 35.4 Å². The van der Waals surface area contributed by atoms with Crippen LogP contribution in [0.25, 0.3) is 0 Å². The molecule has 0 radical (unpaired) electrons. The summed E-state index contributed by atoms with van der Waals surface area (Å²) in [5.41, 5.74) is 8.52. The van der Waals surface area contributed by atoms with E-state index in [1.807, 2.05) is 12.1 Å². The van der Waals surface area contributed by atoms with E-state index in [1.165, 1.54) is 0 Å². The highest BCUT2D eigenvalue weighted by Gasteiger charge is 2.29. The first-order valence-corrected chi connectivity index (χ1v) is 7.44. The number of ether oxygens (including phenoxy) is 1. The minimum Gasteiger partial charge on any atom is -0.383 e. The zero-order valence-corrected chi connectivity index (χ0v) is 13.5. The average Bonchev–Trinajstić information content (AvgIpc) is 2.67. The molecule has 1 aliphatic heterocycles. The molecular formula is C14H20BrN3O2. The number of methoxy groups -OCH3 is 1. The number of nitrogens with two attached hydrogens (primary N) is 1. The Balaban J connectivity index is 2.38. The summed E-state index contributed by atoms with van der Waals surface area (Å²) in [7, 11) is 1.70. The van der Waals surface area contributed by atoms with Crippen molar-refractivity contribution in [1.29, 1.82) is 0 Å². The van der Waals surface area contributed by atoms with Crippen molar-refractivity contribution >= 4 is 33.2 Å². The third-order valence-electron chi connectivity index (χ3n) is 3.58. The standard InChI is InChI=1S/C14H20BrN3O2/c1-4-18(8(2)7-20-3)12-6-11-9(5-10(12)15)13(16)14(19)17-11/h5-6,8,13H,4,7,16H2,1-3H3,(H,17,19). The third-order valence-corrected chi connectivity index (χ3v) is 4.22. The minimum absolute atomic E-state index is 0.156. The number of carbonyl (C=O) groups is 1. The minimum atomic E-state index is -0.582. The van der Waals surface area contributed by atoms with Gasteiger partial charge in [0.1, 0.15) is 6.04 Å². The molecule has 0 spiro atoms. The normalized spacial score (nSPS) is 18.6. The van der Waals surface area contributed by atoms with E-state index in [-0.39, 0.29) is 11.9 Å². The van der Waals surface area contributed by atoms with E-state index in [1.54, 1.807) is 7.11 Å². The van der Waals surface area contributed by atoms with E-state index in [2.05, 4.69) is 40.0 Å². The van der Waals surface area contributed by atoms with Crippen LogP contribution in [0, 0.1) is 0 Å². The Morgan fingerprint density at radius 3 is 2.85 bits per heavy atom. The van der Waals surface area contributed by atoms with Crippen LogP contribution in [0.2, 0.25) is 0 Å². The topological polar surface area (TPSA) is 67.6 Å². The Labute approximate surface area is 127 Å². The fourth-order valence-electron chi connectivity index (χ4n) is 2.57. The number of carbonyl (C=O) groups excluding carboxylic acids is 1. The number of benzene rings is 1. The molecule has 0 fully saturated rings. The average molecular weight is 342 g/mol. The van der Waals surface area contributed by atoms with Crippen molar-refractivity contribution < 1.29 is 9.53 Å². The molecule has 5 nitrogen and oxygen atoms in total. The van der Waals surface area contributed by atoms with Gasteiger partial charge in [0.2, 0.25) is 5.91 Å². The number of hydrogen-bond acceptors (Lipinski definition) is 4. The molecule has 2 atom stereocenters. The van der Waals surface area contributed by atoms with Crippen molar-refractivity contribution in [1.82, 2.24) is 0 Å². The monoisotopic (exact) mass is 341 g/mol. The molecule has 1 aliphatic rings. The maximum atomic E-state index is 11.6. The number of halogens is 1. The van der Waals surface area contributed by atoms with E-state index >= 15 is 0 Å². The Morgan fingerprint density at radius 1 is 1.55 bits per heavy atom. The highest BCUT2D eigenvalue weighted by Crippen LogP contribution is 2.38. The van der Waals surface area contributed by atoms with Crippen LogP contribution >= 0.6 is 15.9 Å². The van der Waals surface area contributed by atoms with Crippen molar-refractivity contribution in [2.75, 3.05) is 30.5 Å². The summed E-state index contributed by atoms with van der Waals surface area (Å²) in [6.07, 6.45) is 0. The predicted molar refractivity (Wildman–Crippen MR) is 84.1 cm³/mol. The quantitative estimate of drug-likeness (QED) is 0.861. The van der Waals surface area contributed by atoms with E-state index in [0.717, 1.165) is 28.0 Å². The number of amides is 1. The summed E-state index contributed by atoms with van der Waals surface area (Å²) in [4.78, 5) is 13.9. The Kier molecular flexibility index (Phi) is 4.67. The van der Waals surface area contributed by atoms with Gasteiger partial charge >= 0.3 is 0 Å². The molecule has 1 heterocycles. The highest BCUT2D eigenvalue weighted by atomic mass is 79.9. The lowest BCUT2D eigenvalue weighted by Crippen LogP contribution is -2.36. The Morgan fingerprint density at radius 2 is 2.25 bits per heavy atom. The molecule has 3 N–H and O–H groups in total. The van der Waals surface area contributed by atoms with Gasteiger partial charge in [-0.2, -0.15) is 0 Å². The number of rotatable bonds is 5. The van der Waals surface area contributed by atoms with E-state index < -0.39 is 6.04 Å². The first-order chi connectivity index (χ1) is 9.49. The summed E-state index contributed by atoms with van der Waals surface area (Å²) in [6, 6.07) is 3.56. The van der Waals surface area contributed by atoms with E-state index in [9.17, 15) is 4.79 Å². The van der Waals surface area contributed by atoms with Crippen LogP contribution in [0.5, 0.6) is 0 Å². The number of hydrogen-bond donors (Lipinski definition) is 2. The lowest BCUT2D eigenvalue weighted by molar-refractivity contribution is -0.116. The van der Waals surface area contributed by atoms with Crippen molar-refractivity contribution in [2.24, 2.45) is 5.73 Å². The number of anilines is 2. The van der Waals surface area contributed by atoms with Crippen LogP contribution in [0.1, 0.15) is 25.5 Å². The fourth-order valence-corrected chi connectivity index (χ4v) is 3.15. The molecule has 110 valence electrons. The molecule has 0 aromatic heterocycles. The maximum absolute atomic E-state index is 11.6. The number of nitrogens with zero attached hydrogens (tertiary/aromatic N) is 1. The molecule has 1 aromatic rings. The Hall–Kier alpha value is -1.11. The lowest BCUT2D eigenvalue weighted by atomic mass is 10.1. The molecular weight excluding hydrogens is 322 g/mol. The van der Waals surface area contributed by atoms with Gasteiger partial charge < -0.3 is 20.7 Å². The molecule has 1 aromatic carbocycles. The number of nitrogens with one attached hydrogen (secondary N) is 1. The smallest absolute Gasteiger partial charge is 0.245 e. The van der Waals surface area contributed by atoms with Crippen LogP contribution in [-0.4, -0.2) is 32.2 Å². The predicted octanol–water partition coefficient (Wildman–Crippen LogP) is 2.26. The summed E-state index contributed by atoms with van der Waals surface area (Å²) in [5, 5.41) is 2.82. The molecule has 20 heavy (non-hydrogen) atoms. The second-order valence-electron chi connectivity index (χ2n) is 4.95. The second kappa shape index (κ2) is 6.11. The van der Waals surface area contributed by atoms with Gasteiger partial charge in [-0.05, 0) is 41.9 Å². The first-order valence-electron chi connectivity index (χ1n) is 6.65. The van der Waals surface area contributed by atoms with Crippen molar-refractivity contribution in [3.05, 3.63) is 22.2 Å². The summed E-state index contributed by atoms with van der Waals surface area (Å²) in [6.45, 7) is 5.69. The van der Waals surface area contributed by atoms with Gasteiger partial charge in [-0.1, -0.05) is 0 Å². The van der Waals surface area contributed by atoms with Crippen molar-refractivity contribution in [3.63, 3.8) is 0 Å². The van der Waals surface area contributed by atoms with Crippen molar-refractivity contribution in [2.45, 2.75) is 25.9 Å². The Bertz CT molecular complexity index is 521. The molecule has 0 saturated carbocycles. The largest absolute Gasteiger partial charge is 0.383 e. The third kappa shape index (κ3) is 2.68. The van der Waals surface area contributed by atoms with Gasteiger partial charge in [0.05, 0.1) is 12.3 Å². The first kappa shape index (κ1) is 15.3.